The van der Waals surface area contributed by atoms with Gasteiger partial charge in [0, 0.05) is 10.6 Å². The van der Waals surface area contributed by atoms with Crippen LogP contribution in [-0.2, 0) is 16.6 Å². The molecule has 3 rings (SSSR count). The molecule has 5 nitrogen and oxygen atoms in total. The van der Waals surface area contributed by atoms with Crippen molar-refractivity contribution >= 4 is 21.6 Å². The zero-order valence-corrected chi connectivity index (χ0v) is 14.4. The molecule has 0 fully saturated rings. The van der Waals surface area contributed by atoms with Gasteiger partial charge >= 0.3 is 0 Å². The van der Waals surface area contributed by atoms with Gasteiger partial charge in [0.15, 0.2) is 5.76 Å². The van der Waals surface area contributed by atoms with Crippen molar-refractivity contribution in [3.63, 3.8) is 0 Å². The Kier molecular flexibility index (Phi) is 4.71. The molecule has 1 N–H and O–H groups in total. The number of rotatable bonds is 5. The number of nitrogens with zero attached hydrogens (tertiary/aromatic N) is 1. The minimum Gasteiger partial charge on any atom is -0.439 e. The smallest absolute Gasteiger partial charge is 0.241 e. The van der Waals surface area contributed by atoms with Crippen LogP contribution >= 0.6 is 11.6 Å². The van der Waals surface area contributed by atoms with Gasteiger partial charge in [0.1, 0.15) is 0 Å². The number of hydrogen-bond acceptors (Lipinski definition) is 4. The maximum atomic E-state index is 12.4. The minimum atomic E-state index is -3.70. The monoisotopic (exact) mass is 362 g/mol. The van der Waals surface area contributed by atoms with E-state index >= 15 is 0 Å². The highest BCUT2D eigenvalue weighted by Gasteiger charge is 2.18. The first-order valence-corrected chi connectivity index (χ1v) is 9.08. The zero-order chi connectivity index (χ0) is 17.2. The van der Waals surface area contributed by atoms with E-state index in [-0.39, 0.29) is 17.3 Å². The summed E-state index contributed by atoms with van der Waals surface area (Å²) >= 11 is 5.89. The average molecular weight is 363 g/mol. The molecule has 0 saturated heterocycles. The summed E-state index contributed by atoms with van der Waals surface area (Å²) in [6.07, 6.45) is 1.57. The highest BCUT2D eigenvalue weighted by molar-refractivity contribution is 7.89. The largest absolute Gasteiger partial charge is 0.439 e. The average Bonchev–Trinajstić information content (AvgIpc) is 3.05. The second kappa shape index (κ2) is 6.76. The number of hydrogen-bond donors (Lipinski definition) is 1. The first-order valence-electron chi connectivity index (χ1n) is 7.22. The molecule has 124 valence electrons. The van der Waals surface area contributed by atoms with Gasteiger partial charge in [0.2, 0.25) is 15.9 Å². The Morgan fingerprint density at radius 2 is 1.92 bits per heavy atom. The van der Waals surface area contributed by atoms with Crippen LogP contribution in [0.5, 0.6) is 0 Å². The summed E-state index contributed by atoms with van der Waals surface area (Å²) in [6.45, 7) is 1.67. The summed E-state index contributed by atoms with van der Waals surface area (Å²) < 4.78 is 32.9. The number of nitrogens with one attached hydrogen (secondary N) is 1. The SMILES string of the molecule is Cc1ccc(Cl)cc1S(=O)(=O)NCc1ncc(-c2ccccc2)o1. The molecule has 0 radical (unpaired) electrons. The lowest BCUT2D eigenvalue weighted by atomic mass is 10.2. The molecule has 0 bridgehead atoms. The predicted molar refractivity (Wildman–Crippen MR) is 92.2 cm³/mol. The van der Waals surface area contributed by atoms with Gasteiger partial charge < -0.3 is 4.42 Å². The van der Waals surface area contributed by atoms with Crippen LogP contribution < -0.4 is 4.72 Å². The molecule has 7 heteroatoms. The second-order valence-electron chi connectivity index (χ2n) is 5.22. The summed E-state index contributed by atoms with van der Waals surface area (Å²) in [7, 11) is -3.70. The van der Waals surface area contributed by atoms with E-state index in [1.807, 2.05) is 30.3 Å². The summed E-state index contributed by atoms with van der Waals surface area (Å²) in [5.74, 6) is 0.876. The van der Waals surface area contributed by atoms with Gasteiger partial charge in [0.05, 0.1) is 17.6 Å². The molecule has 0 spiro atoms. The Bertz CT molecular complexity index is 953. The Labute approximate surface area is 145 Å². The van der Waals surface area contributed by atoms with Crippen LogP contribution in [-0.4, -0.2) is 13.4 Å². The zero-order valence-electron chi connectivity index (χ0n) is 12.9. The molecular formula is C17H15ClN2O3S. The maximum Gasteiger partial charge on any atom is 0.241 e. The number of oxazole rings is 1. The summed E-state index contributed by atoms with van der Waals surface area (Å²) in [6, 6.07) is 14.2. The van der Waals surface area contributed by atoms with Crippen molar-refractivity contribution in [1.82, 2.24) is 9.71 Å². The molecule has 0 saturated carbocycles. The van der Waals surface area contributed by atoms with E-state index in [0.29, 0.717) is 16.3 Å². The van der Waals surface area contributed by atoms with Crippen molar-refractivity contribution in [3.05, 3.63) is 71.2 Å². The maximum absolute atomic E-state index is 12.4. The van der Waals surface area contributed by atoms with E-state index in [1.165, 1.54) is 6.07 Å². The lowest BCUT2D eigenvalue weighted by Crippen LogP contribution is -2.24. The Morgan fingerprint density at radius 3 is 2.67 bits per heavy atom. The number of halogens is 1. The molecule has 3 aromatic rings. The molecule has 0 aliphatic carbocycles. The number of aryl methyl sites for hydroxylation is 1. The fraction of sp³-hybridized carbons (Fsp3) is 0.118. The van der Waals surface area contributed by atoms with Gasteiger partial charge in [-0.05, 0) is 24.6 Å². The van der Waals surface area contributed by atoms with Gasteiger partial charge in [-0.1, -0.05) is 48.0 Å². The first kappa shape index (κ1) is 16.7. The molecule has 2 aromatic carbocycles. The second-order valence-corrected chi connectivity index (χ2v) is 7.39. The summed E-state index contributed by atoms with van der Waals surface area (Å²) in [5, 5.41) is 0.364. The van der Waals surface area contributed by atoms with E-state index in [2.05, 4.69) is 9.71 Å². The molecule has 0 unspecified atom stereocenters. The van der Waals surface area contributed by atoms with Crippen LogP contribution in [0.2, 0.25) is 5.02 Å². The summed E-state index contributed by atoms with van der Waals surface area (Å²) in [4.78, 5) is 4.25. The fourth-order valence-corrected chi connectivity index (χ4v) is 3.71. The molecular weight excluding hydrogens is 348 g/mol. The molecule has 24 heavy (non-hydrogen) atoms. The van der Waals surface area contributed by atoms with Gasteiger partial charge in [-0.15, -0.1) is 0 Å². The lowest BCUT2D eigenvalue weighted by molar-refractivity contribution is 0.494. The van der Waals surface area contributed by atoms with E-state index in [4.69, 9.17) is 16.0 Å². The van der Waals surface area contributed by atoms with Crippen LogP contribution in [0.25, 0.3) is 11.3 Å². The standard InChI is InChI=1S/C17H15ClN2O3S/c1-12-7-8-14(18)9-16(12)24(21,22)20-11-17-19-10-15(23-17)13-5-3-2-4-6-13/h2-10,20H,11H2,1H3. The Balaban J connectivity index is 1.76. The highest BCUT2D eigenvalue weighted by Crippen LogP contribution is 2.22. The van der Waals surface area contributed by atoms with Gasteiger partial charge in [-0.3, -0.25) is 0 Å². The van der Waals surface area contributed by atoms with Gasteiger partial charge in [-0.25, -0.2) is 18.1 Å². The van der Waals surface area contributed by atoms with Gasteiger partial charge in [-0.2, -0.15) is 0 Å². The van der Waals surface area contributed by atoms with Crippen molar-refractivity contribution in [3.8, 4) is 11.3 Å². The minimum absolute atomic E-state index is 0.0406. The van der Waals surface area contributed by atoms with Crippen LogP contribution in [0.15, 0.2) is 64.0 Å². The van der Waals surface area contributed by atoms with Crippen molar-refractivity contribution in [2.75, 3.05) is 0 Å². The fourth-order valence-electron chi connectivity index (χ4n) is 2.23. The number of aromatic nitrogens is 1. The third-order valence-corrected chi connectivity index (χ3v) is 5.24. The van der Waals surface area contributed by atoms with Gasteiger partial charge in [0.25, 0.3) is 0 Å². The van der Waals surface area contributed by atoms with Crippen LogP contribution in [0.3, 0.4) is 0 Å². The molecule has 0 aliphatic heterocycles. The normalized spacial score (nSPS) is 11.6. The van der Waals surface area contributed by atoms with Crippen LogP contribution in [0.1, 0.15) is 11.5 Å². The van der Waals surface area contributed by atoms with Crippen molar-refractivity contribution in [2.45, 2.75) is 18.4 Å². The van der Waals surface area contributed by atoms with Crippen LogP contribution in [0, 0.1) is 6.92 Å². The van der Waals surface area contributed by atoms with E-state index < -0.39 is 10.0 Å². The van der Waals surface area contributed by atoms with Crippen LogP contribution in [0.4, 0.5) is 0 Å². The van der Waals surface area contributed by atoms with Crippen molar-refractivity contribution < 1.29 is 12.8 Å². The summed E-state index contributed by atoms with van der Waals surface area (Å²) in [5.41, 5.74) is 1.49. The highest BCUT2D eigenvalue weighted by atomic mass is 35.5. The van der Waals surface area contributed by atoms with Crippen molar-refractivity contribution in [1.29, 1.82) is 0 Å². The quantitative estimate of drug-likeness (QED) is 0.749. The molecule has 0 atom stereocenters. The van der Waals surface area contributed by atoms with Crippen molar-refractivity contribution in [2.24, 2.45) is 0 Å². The van der Waals surface area contributed by atoms with E-state index in [0.717, 1.165) is 5.56 Å². The molecule has 0 amide bonds. The Morgan fingerprint density at radius 1 is 1.17 bits per heavy atom. The molecule has 0 aliphatic rings. The third kappa shape index (κ3) is 3.67. The lowest BCUT2D eigenvalue weighted by Gasteiger charge is -2.08. The Hall–Kier alpha value is -2.15. The topological polar surface area (TPSA) is 72.2 Å². The number of benzene rings is 2. The molecule has 1 aromatic heterocycles. The third-order valence-electron chi connectivity index (χ3n) is 3.46. The predicted octanol–water partition coefficient (Wildman–Crippen LogP) is 3.78. The first-order chi connectivity index (χ1) is 11.5. The molecule has 1 heterocycles. The van der Waals surface area contributed by atoms with E-state index in [9.17, 15) is 8.42 Å². The van der Waals surface area contributed by atoms with E-state index in [1.54, 1.807) is 25.3 Å². The number of sulfonamides is 1.